The molecule has 4 heteroatoms. The molecule has 2 heterocycles. The number of alkyl halides is 1. The van der Waals surface area contributed by atoms with E-state index in [0.29, 0.717) is 0 Å². The highest BCUT2D eigenvalue weighted by Gasteiger charge is 2.21. The molecule has 1 saturated heterocycles. The van der Waals surface area contributed by atoms with Crippen molar-refractivity contribution in [2.24, 2.45) is 5.92 Å². The maximum absolute atomic E-state index is 4.45. The molecule has 0 bridgehead atoms. The Morgan fingerprint density at radius 3 is 3.20 bits per heavy atom. The van der Waals surface area contributed by atoms with Crippen LogP contribution >= 0.6 is 15.9 Å². The molecule has 1 aliphatic heterocycles. The SMILES string of the molecule is CCn1ccnc1N1CCCC(CBr)C1. The minimum Gasteiger partial charge on any atom is -0.342 e. The molecule has 0 amide bonds. The fourth-order valence-electron chi connectivity index (χ4n) is 2.20. The third-order valence-electron chi connectivity index (χ3n) is 3.05. The first kappa shape index (κ1) is 11.0. The summed E-state index contributed by atoms with van der Waals surface area (Å²) in [5.41, 5.74) is 0. The van der Waals surface area contributed by atoms with E-state index in [1.54, 1.807) is 0 Å². The fourth-order valence-corrected chi connectivity index (χ4v) is 2.73. The first-order chi connectivity index (χ1) is 7.35. The van der Waals surface area contributed by atoms with Crippen LogP contribution in [0, 0.1) is 5.92 Å². The van der Waals surface area contributed by atoms with Crippen molar-refractivity contribution in [2.45, 2.75) is 26.3 Å². The van der Waals surface area contributed by atoms with Gasteiger partial charge in [-0.05, 0) is 25.7 Å². The first-order valence-corrected chi connectivity index (χ1v) is 6.79. The highest BCUT2D eigenvalue weighted by atomic mass is 79.9. The van der Waals surface area contributed by atoms with Crippen LogP contribution in [0.3, 0.4) is 0 Å². The van der Waals surface area contributed by atoms with Crippen molar-refractivity contribution >= 4 is 21.9 Å². The Morgan fingerprint density at radius 1 is 1.60 bits per heavy atom. The van der Waals surface area contributed by atoms with Gasteiger partial charge in [0.15, 0.2) is 0 Å². The lowest BCUT2D eigenvalue weighted by molar-refractivity contribution is 0.446. The van der Waals surface area contributed by atoms with E-state index in [1.807, 2.05) is 6.20 Å². The average Bonchev–Trinajstić information content (AvgIpc) is 2.77. The van der Waals surface area contributed by atoms with Crippen LogP contribution in [-0.4, -0.2) is 28.0 Å². The molecule has 2 rings (SSSR count). The molecule has 1 aromatic rings. The zero-order valence-corrected chi connectivity index (χ0v) is 10.8. The second-order valence-corrected chi connectivity index (χ2v) is 4.77. The molecule has 1 unspecified atom stereocenters. The molecule has 0 N–H and O–H groups in total. The molecule has 1 aliphatic rings. The Bertz CT molecular complexity index is 311. The van der Waals surface area contributed by atoms with Crippen LogP contribution in [0.2, 0.25) is 0 Å². The summed E-state index contributed by atoms with van der Waals surface area (Å²) in [6, 6.07) is 0. The lowest BCUT2D eigenvalue weighted by atomic mass is 10.0. The molecular weight excluding hydrogens is 254 g/mol. The number of anilines is 1. The number of aromatic nitrogens is 2. The topological polar surface area (TPSA) is 21.1 Å². The molecule has 3 nitrogen and oxygen atoms in total. The molecular formula is C11H18BrN3. The Morgan fingerprint density at radius 2 is 2.47 bits per heavy atom. The molecule has 1 aromatic heterocycles. The Hall–Kier alpha value is -0.510. The third kappa shape index (κ3) is 2.36. The zero-order valence-electron chi connectivity index (χ0n) is 9.19. The van der Waals surface area contributed by atoms with Crippen LogP contribution < -0.4 is 4.90 Å². The van der Waals surface area contributed by atoms with Crippen molar-refractivity contribution in [1.29, 1.82) is 0 Å². The highest BCUT2D eigenvalue weighted by molar-refractivity contribution is 9.09. The molecule has 15 heavy (non-hydrogen) atoms. The maximum Gasteiger partial charge on any atom is 0.205 e. The minimum absolute atomic E-state index is 0.778. The van der Waals surface area contributed by atoms with Gasteiger partial charge < -0.3 is 9.47 Å². The van der Waals surface area contributed by atoms with Gasteiger partial charge in [0.2, 0.25) is 5.95 Å². The predicted octanol–water partition coefficient (Wildman–Crippen LogP) is 2.51. The van der Waals surface area contributed by atoms with Gasteiger partial charge in [0.05, 0.1) is 0 Å². The average molecular weight is 272 g/mol. The van der Waals surface area contributed by atoms with Gasteiger partial charge in [0, 0.05) is 37.4 Å². The molecule has 1 atom stereocenters. The number of halogens is 1. The molecule has 0 aromatic carbocycles. The monoisotopic (exact) mass is 271 g/mol. The maximum atomic E-state index is 4.45. The van der Waals surface area contributed by atoms with Crippen molar-refractivity contribution in [1.82, 2.24) is 9.55 Å². The summed E-state index contributed by atoms with van der Waals surface area (Å²) in [6.45, 7) is 5.46. The number of hydrogen-bond acceptors (Lipinski definition) is 2. The first-order valence-electron chi connectivity index (χ1n) is 5.67. The molecule has 0 spiro atoms. The summed E-state index contributed by atoms with van der Waals surface area (Å²) in [4.78, 5) is 6.87. The summed E-state index contributed by atoms with van der Waals surface area (Å²) in [7, 11) is 0. The van der Waals surface area contributed by atoms with Crippen molar-refractivity contribution in [3.63, 3.8) is 0 Å². The van der Waals surface area contributed by atoms with Crippen molar-refractivity contribution in [3.05, 3.63) is 12.4 Å². The van der Waals surface area contributed by atoms with Gasteiger partial charge >= 0.3 is 0 Å². The van der Waals surface area contributed by atoms with E-state index < -0.39 is 0 Å². The standard InChI is InChI=1S/C11H18BrN3/c1-2-14-7-5-13-11(14)15-6-3-4-10(8-12)9-15/h5,7,10H,2-4,6,8-9H2,1H3. The van der Waals surface area contributed by atoms with Crippen molar-refractivity contribution in [2.75, 3.05) is 23.3 Å². The molecule has 0 aliphatic carbocycles. The van der Waals surface area contributed by atoms with Crippen LogP contribution in [-0.2, 0) is 6.54 Å². The summed E-state index contributed by atoms with van der Waals surface area (Å²) in [5.74, 6) is 1.92. The van der Waals surface area contributed by atoms with Crippen molar-refractivity contribution < 1.29 is 0 Å². The second kappa shape index (κ2) is 5.01. The number of aryl methyl sites for hydroxylation is 1. The van der Waals surface area contributed by atoms with Crippen LogP contribution in [0.25, 0.3) is 0 Å². The Kier molecular flexibility index (Phi) is 3.67. The van der Waals surface area contributed by atoms with E-state index in [9.17, 15) is 0 Å². The van der Waals surface area contributed by atoms with Gasteiger partial charge in [-0.2, -0.15) is 0 Å². The zero-order chi connectivity index (χ0) is 10.7. The van der Waals surface area contributed by atoms with Crippen LogP contribution in [0.1, 0.15) is 19.8 Å². The number of rotatable bonds is 3. The molecule has 0 saturated carbocycles. The van der Waals surface area contributed by atoms with Crippen LogP contribution in [0.5, 0.6) is 0 Å². The Balaban J connectivity index is 2.09. The van der Waals surface area contributed by atoms with Gasteiger partial charge in [-0.3, -0.25) is 0 Å². The predicted molar refractivity (Wildman–Crippen MR) is 66.6 cm³/mol. The van der Waals surface area contributed by atoms with Gasteiger partial charge in [0.1, 0.15) is 0 Å². The highest BCUT2D eigenvalue weighted by Crippen LogP contribution is 2.22. The largest absolute Gasteiger partial charge is 0.342 e. The second-order valence-electron chi connectivity index (χ2n) is 4.12. The molecule has 84 valence electrons. The molecule has 0 radical (unpaired) electrons. The molecule has 1 fully saturated rings. The lowest BCUT2D eigenvalue weighted by Crippen LogP contribution is -2.37. The quantitative estimate of drug-likeness (QED) is 0.788. The van der Waals surface area contributed by atoms with Gasteiger partial charge in [-0.1, -0.05) is 15.9 Å². The van der Waals surface area contributed by atoms with E-state index in [0.717, 1.165) is 36.8 Å². The normalized spacial score (nSPS) is 22.0. The van der Waals surface area contributed by atoms with Gasteiger partial charge in [0.25, 0.3) is 0 Å². The van der Waals surface area contributed by atoms with E-state index in [4.69, 9.17) is 0 Å². The van der Waals surface area contributed by atoms with Crippen LogP contribution in [0.4, 0.5) is 5.95 Å². The number of piperidine rings is 1. The van der Waals surface area contributed by atoms with Gasteiger partial charge in [-0.15, -0.1) is 0 Å². The smallest absolute Gasteiger partial charge is 0.205 e. The van der Waals surface area contributed by atoms with E-state index in [2.05, 4.69) is 43.5 Å². The third-order valence-corrected chi connectivity index (χ3v) is 3.97. The summed E-state index contributed by atoms with van der Waals surface area (Å²) in [6.07, 6.45) is 6.59. The van der Waals surface area contributed by atoms with Gasteiger partial charge in [-0.25, -0.2) is 4.98 Å². The van der Waals surface area contributed by atoms with Crippen LogP contribution in [0.15, 0.2) is 12.4 Å². The Labute approximate surface area is 99.6 Å². The summed E-state index contributed by atoms with van der Waals surface area (Å²) < 4.78 is 2.22. The minimum atomic E-state index is 0.778. The number of hydrogen-bond donors (Lipinski definition) is 0. The van der Waals surface area contributed by atoms with Crippen molar-refractivity contribution in [3.8, 4) is 0 Å². The number of nitrogens with zero attached hydrogens (tertiary/aromatic N) is 3. The van der Waals surface area contributed by atoms with E-state index in [-0.39, 0.29) is 0 Å². The lowest BCUT2D eigenvalue weighted by Gasteiger charge is -2.32. The van der Waals surface area contributed by atoms with E-state index in [1.165, 1.54) is 12.8 Å². The van der Waals surface area contributed by atoms with E-state index >= 15 is 0 Å². The number of imidazole rings is 1. The summed E-state index contributed by atoms with van der Waals surface area (Å²) >= 11 is 3.58. The summed E-state index contributed by atoms with van der Waals surface area (Å²) in [5, 5.41) is 1.11. The fraction of sp³-hybridized carbons (Fsp3) is 0.727.